The number of benzene rings is 1. The molecule has 0 radical (unpaired) electrons. The number of urea groups is 1. The average Bonchev–Trinajstić information content (AvgIpc) is 2.74. The van der Waals surface area contributed by atoms with Crippen molar-refractivity contribution in [3.05, 3.63) is 30.1 Å². The Labute approximate surface area is 122 Å². The molecule has 0 spiro atoms. The second-order valence-corrected chi connectivity index (χ2v) is 7.03. The zero-order valence-electron chi connectivity index (χ0n) is 11.3. The average molecular weight is 316 g/mol. The van der Waals surface area contributed by atoms with Gasteiger partial charge in [0.25, 0.3) is 0 Å². The largest absolute Gasteiger partial charge is 0.492 e. The van der Waals surface area contributed by atoms with Gasteiger partial charge in [-0.05, 0) is 18.6 Å². The van der Waals surface area contributed by atoms with Gasteiger partial charge in [-0.1, -0.05) is 6.07 Å². The van der Waals surface area contributed by atoms with E-state index in [1.54, 1.807) is 6.07 Å². The van der Waals surface area contributed by atoms with Gasteiger partial charge in [-0.15, -0.1) is 0 Å². The summed E-state index contributed by atoms with van der Waals surface area (Å²) in [4.78, 5) is 11.5. The summed E-state index contributed by atoms with van der Waals surface area (Å²) in [5, 5.41) is 5.16. The maximum Gasteiger partial charge on any atom is 0.315 e. The van der Waals surface area contributed by atoms with E-state index in [1.807, 2.05) is 0 Å². The highest BCUT2D eigenvalue weighted by Gasteiger charge is 2.28. The molecule has 2 amide bonds. The minimum atomic E-state index is -3.01. The molecule has 0 aromatic heterocycles. The predicted octanol–water partition coefficient (Wildman–Crippen LogP) is 0.691. The van der Waals surface area contributed by atoms with E-state index >= 15 is 0 Å². The number of carbonyl (C=O) groups excluding carboxylic acids is 1. The monoisotopic (exact) mass is 316 g/mol. The minimum absolute atomic E-state index is 0.0137. The van der Waals surface area contributed by atoms with Crippen molar-refractivity contribution in [2.45, 2.75) is 12.5 Å². The molecule has 1 aliphatic heterocycles. The Bertz CT molecular complexity index is 606. The maximum absolute atomic E-state index is 12.9. The quantitative estimate of drug-likeness (QED) is 0.783. The zero-order valence-corrected chi connectivity index (χ0v) is 12.2. The summed E-state index contributed by atoms with van der Waals surface area (Å²) >= 11 is 0. The topological polar surface area (TPSA) is 84.5 Å². The molecule has 2 N–H and O–H groups in total. The van der Waals surface area contributed by atoms with Gasteiger partial charge < -0.3 is 15.4 Å². The third kappa shape index (κ3) is 5.22. The van der Waals surface area contributed by atoms with Gasteiger partial charge in [0.2, 0.25) is 0 Å². The van der Waals surface area contributed by atoms with Crippen molar-refractivity contribution in [2.75, 3.05) is 24.7 Å². The molecule has 0 saturated carbocycles. The number of sulfone groups is 1. The first-order chi connectivity index (χ1) is 9.94. The molecule has 2 rings (SSSR count). The third-order valence-electron chi connectivity index (χ3n) is 3.02. The van der Waals surface area contributed by atoms with Crippen molar-refractivity contribution in [3.8, 4) is 5.75 Å². The summed E-state index contributed by atoms with van der Waals surface area (Å²) in [6, 6.07) is 4.95. The maximum atomic E-state index is 12.9. The van der Waals surface area contributed by atoms with Crippen molar-refractivity contribution in [1.82, 2.24) is 10.6 Å². The van der Waals surface area contributed by atoms with Crippen LogP contribution in [0.5, 0.6) is 5.75 Å². The van der Waals surface area contributed by atoms with Crippen LogP contribution in [0, 0.1) is 5.82 Å². The Morgan fingerprint density at radius 2 is 2.24 bits per heavy atom. The van der Waals surface area contributed by atoms with Gasteiger partial charge in [0.05, 0.1) is 18.1 Å². The van der Waals surface area contributed by atoms with E-state index in [4.69, 9.17) is 4.74 Å². The molecule has 116 valence electrons. The smallest absolute Gasteiger partial charge is 0.315 e. The number of carbonyl (C=O) groups is 1. The van der Waals surface area contributed by atoms with E-state index in [0.717, 1.165) is 0 Å². The van der Waals surface area contributed by atoms with E-state index < -0.39 is 15.9 Å². The lowest BCUT2D eigenvalue weighted by Crippen LogP contribution is -2.43. The molecular weight excluding hydrogens is 299 g/mol. The van der Waals surface area contributed by atoms with Crippen LogP contribution in [-0.4, -0.2) is 45.1 Å². The number of halogens is 1. The first-order valence-electron chi connectivity index (χ1n) is 6.58. The van der Waals surface area contributed by atoms with Crippen LogP contribution in [-0.2, 0) is 9.84 Å². The van der Waals surface area contributed by atoms with E-state index in [9.17, 15) is 17.6 Å². The summed E-state index contributed by atoms with van der Waals surface area (Å²) in [5.41, 5.74) is 0. The molecule has 1 atom stereocenters. The fraction of sp³-hybridized carbons (Fsp3) is 0.462. The normalized spacial score (nSPS) is 20.0. The van der Waals surface area contributed by atoms with Gasteiger partial charge in [0.15, 0.2) is 9.84 Å². The van der Waals surface area contributed by atoms with E-state index in [2.05, 4.69) is 10.6 Å². The number of ether oxygens (including phenoxy) is 1. The molecule has 0 aliphatic carbocycles. The molecule has 1 saturated heterocycles. The molecule has 1 aromatic carbocycles. The lowest BCUT2D eigenvalue weighted by Gasteiger charge is -2.12. The van der Waals surface area contributed by atoms with Crippen molar-refractivity contribution in [3.63, 3.8) is 0 Å². The minimum Gasteiger partial charge on any atom is -0.492 e. The second-order valence-electron chi connectivity index (χ2n) is 4.81. The molecule has 0 bridgehead atoms. The van der Waals surface area contributed by atoms with Gasteiger partial charge in [-0.3, -0.25) is 0 Å². The van der Waals surface area contributed by atoms with Crippen LogP contribution >= 0.6 is 0 Å². The summed E-state index contributed by atoms with van der Waals surface area (Å²) in [6.45, 7) is 0.432. The zero-order chi connectivity index (χ0) is 15.3. The van der Waals surface area contributed by atoms with Gasteiger partial charge >= 0.3 is 6.03 Å². The van der Waals surface area contributed by atoms with Crippen LogP contribution in [0.1, 0.15) is 6.42 Å². The van der Waals surface area contributed by atoms with Gasteiger partial charge in [0, 0.05) is 12.1 Å². The Morgan fingerprint density at radius 1 is 1.43 bits per heavy atom. The van der Waals surface area contributed by atoms with Crippen LogP contribution < -0.4 is 15.4 Å². The van der Waals surface area contributed by atoms with Crippen LogP contribution in [0.15, 0.2) is 24.3 Å². The van der Waals surface area contributed by atoms with Crippen LogP contribution in [0.4, 0.5) is 9.18 Å². The predicted molar refractivity (Wildman–Crippen MR) is 75.5 cm³/mol. The van der Waals surface area contributed by atoms with Crippen molar-refractivity contribution in [2.24, 2.45) is 0 Å². The standard InChI is InChI=1S/C13H17FN2O4S/c14-10-2-1-3-12(8-10)20-6-5-15-13(17)16-11-4-7-21(18,19)9-11/h1-3,8,11H,4-7,9H2,(H2,15,16,17). The molecule has 8 heteroatoms. The highest BCUT2D eigenvalue weighted by Crippen LogP contribution is 2.12. The van der Waals surface area contributed by atoms with Crippen LogP contribution in [0.2, 0.25) is 0 Å². The first-order valence-corrected chi connectivity index (χ1v) is 8.40. The van der Waals surface area contributed by atoms with E-state index in [-0.39, 0.29) is 36.5 Å². The van der Waals surface area contributed by atoms with Gasteiger partial charge in [-0.2, -0.15) is 0 Å². The number of hydrogen-bond donors (Lipinski definition) is 2. The Hall–Kier alpha value is -1.83. The van der Waals surface area contributed by atoms with E-state index in [0.29, 0.717) is 12.2 Å². The van der Waals surface area contributed by atoms with Crippen molar-refractivity contribution < 1.29 is 22.3 Å². The number of rotatable bonds is 5. The Balaban J connectivity index is 1.64. The fourth-order valence-corrected chi connectivity index (χ4v) is 3.71. The highest BCUT2D eigenvalue weighted by atomic mass is 32.2. The summed E-state index contributed by atoms with van der Waals surface area (Å²) in [5.74, 6) is 0.0978. The Kier molecular flexibility index (Phi) is 5.00. The lowest BCUT2D eigenvalue weighted by molar-refractivity contribution is 0.233. The molecular formula is C13H17FN2O4S. The van der Waals surface area contributed by atoms with Gasteiger partial charge in [-0.25, -0.2) is 17.6 Å². The lowest BCUT2D eigenvalue weighted by atomic mass is 10.3. The first kappa shape index (κ1) is 15.6. The number of hydrogen-bond acceptors (Lipinski definition) is 4. The van der Waals surface area contributed by atoms with Crippen molar-refractivity contribution in [1.29, 1.82) is 0 Å². The summed E-state index contributed by atoms with van der Waals surface area (Å²) < 4.78 is 40.6. The van der Waals surface area contributed by atoms with Crippen LogP contribution in [0.25, 0.3) is 0 Å². The number of nitrogens with one attached hydrogen (secondary N) is 2. The second kappa shape index (κ2) is 6.75. The summed E-state index contributed by atoms with van der Waals surface area (Å²) in [6.07, 6.45) is 0.440. The summed E-state index contributed by atoms with van der Waals surface area (Å²) in [7, 11) is -3.01. The molecule has 1 heterocycles. The molecule has 1 fully saturated rings. The molecule has 6 nitrogen and oxygen atoms in total. The van der Waals surface area contributed by atoms with Crippen molar-refractivity contribution >= 4 is 15.9 Å². The van der Waals surface area contributed by atoms with Gasteiger partial charge in [0.1, 0.15) is 18.2 Å². The molecule has 1 unspecified atom stereocenters. The highest BCUT2D eigenvalue weighted by molar-refractivity contribution is 7.91. The van der Waals surface area contributed by atoms with Crippen LogP contribution in [0.3, 0.4) is 0 Å². The molecule has 21 heavy (non-hydrogen) atoms. The Morgan fingerprint density at radius 3 is 2.90 bits per heavy atom. The molecule has 1 aromatic rings. The molecule has 1 aliphatic rings. The number of amides is 2. The third-order valence-corrected chi connectivity index (χ3v) is 4.79. The fourth-order valence-electron chi connectivity index (χ4n) is 2.04. The van der Waals surface area contributed by atoms with E-state index in [1.165, 1.54) is 18.2 Å². The SMILES string of the molecule is O=C(NCCOc1cccc(F)c1)NC1CCS(=O)(=O)C1.